The van der Waals surface area contributed by atoms with E-state index in [4.69, 9.17) is 0 Å². The Kier molecular flexibility index (Phi) is 5.35. The van der Waals surface area contributed by atoms with Gasteiger partial charge in [-0.25, -0.2) is 0 Å². The number of para-hydroxylation sites is 2. The predicted molar refractivity (Wildman–Crippen MR) is 152 cm³/mol. The molecular weight excluding hydrogens is 490 g/mol. The Morgan fingerprint density at radius 1 is 0.514 bits per heavy atom. The van der Waals surface area contributed by atoms with Gasteiger partial charge in [0, 0.05) is 26.9 Å². The van der Waals surface area contributed by atoms with Crippen molar-refractivity contribution < 1.29 is 0 Å². The molecule has 1 aliphatic carbocycles. The van der Waals surface area contributed by atoms with Gasteiger partial charge >= 0.3 is 0 Å². The molecule has 2 heteroatoms. The van der Waals surface area contributed by atoms with Gasteiger partial charge in [0.1, 0.15) is 0 Å². The molecule has 0 N–H and O–H groups in total. The molecule has 0 aliphatic heterocycles. The molecule has 0 radical (unpaired) electrons. The molecule has 35 heavy (non-hydrogen) atoms. The molecule has 170 valence electrons. The first-order valence-corrected chi connectivity index (χ1v) is 12.8. The lowest BCUT2D eigenvalue weighted by atomic mass is 9.81. The van der Waals surface area contributed by atoms with E-state index in [1.807, 2.05) is 0 Å². The zero-order valence-corrected chi connectivity index (χ0v) is 21.5. The fourth-order valence-electron chi connectivity index (χ4n) is 5.30. The molecule has 0 atom stereocenters. The maximum Gasteiger partial charge on any atom is 0.0468 e. The number of anilines is 3. The van der Waals surface area contributed by atoms with Crippen LogP contribution in [0.1, 0.15) is 25.0 Å². The quantitative estimate of drug-likeness (QED) is 0.230. The van der Waals surface area contributed by atoms with Crippen LogP contribution in [0.2, 0.25) is 0 Å². The van der Waals surface area contributed by atoms with Crippen molar-refractivity contribution in [1.82, 2.24) is 0 Å². The Balaban J connectivity index is 1.49. The number of nitrogens with zero attached hydrogens (tertiary/aromatic N) is 1. The Labute approximate surface area is 215 Å². The van der Waals surface area contributed by atoms with Crippen LogP contribution in [0, 0.1) is 0 Å². The van der Waals surface area contributed by atoms with E-state index >= 15 is 0 Å². The maximum atomic E-state index is 3.55. The van der Waals surface area contributed by atoms with E-state index in [0.717, 1.165) is 15.8 Å². The third-order valence-corrected chi connectivity index (χ3v) is 7.65. The van der Waals surface area contributed by atoms with Gasteiger partial charge in [-0.3, -0.25) is 0 Å². The molecule has 0 amide bonds. The molecule has 6 rings (SSSR count). The minimum absolute atomic E-state index is 0.0567. The van der Waals surface area contributed by atoms with Crippen molar-refractivity contribution >= 4 is 33.0 Å². The number of rotatable bonds is 4. The van der Waals surface area contributed by atoms with Crippen molar-refractivity contribution in [2.24, 2.45) is 0 Å². The summed E-state index contributed by atoms with van der Waals surface area (Å²) in [5.74, 6) is 0. The number of halogens is 1. The third-order valence-electron chi connectivity index (χ3n) is 7.12. The van der Waals surface area contributed by atoms with Crippen molar-refractivity contribution in [3.8, 4) is 22.3 Å². The normalized spacial score (nSPS) is 13.2. The highest BCUT2D eigenvalue weighted by molar-refractivity contribution is 9.10. The minimum atomic E-state index is -0.0567. The highest BCUT2D eigenvalue weighted by Crippen LogP contribution is 2.51. The lowest BCUT2D eigenvalue weighted by Gasteiger charge is -2.27. The van der Waals surface area contributed by atoms with Crippen LogP contribution < -0.4 is 4.90 Å². The lowest BCUT2D eigenvalue weighted by Crippen LogP contribution is -2.15. The standard InChI is InChI=1S/C33H26BrN/c1-33(2)31-20-18-28(35(26-9-5-3-6-10-26)27-11-7-4-8-12-27)22-30(31)29-19-15-24(21-32(29)33)23-13-16-25(34)17-14-23/h3-22H,1-2H3. The van der Waals surface area contributed by atoms with Crippen LogP contribution >= 0.6 is 15.9 Å². The molecule has 1 nitrogen and oxygen atoms in total. The molecule has 0 fully saturated rings. The molecule has 0 heterocycles. The Hall–Kier alpha value is -3.62. The predicted octanol–water partition coefficient (Wildman–Crippen LogP) is 9.89. The zero-order chi connectivity index (χ0) is 24.0. The van der Waals surface area contributed by atoms with Crippen LogP contribution in [0.15, 0.2) is 126 Å². The van der Waals surface area contributed by atoms with Gasteiger partial charge in [-0.15, -0.1) is 0 Å². The van der Waals surface area contributed by atoms with Crippen molar-refractivity contribution in [1.29, 1.82) is 0 Å². The van der Waals surface area contributed by atoms with E-state index < -0.39 is 0 Å². The highest BCUT2D eigenvalue weighted by atomic mass is 79.9. The van der Waals surface area contributed by atoms with Gasteiger partial charge in [0.15, 0.2) is 0 Å². The number of hydrogen-bond acceptors (Lipinski definition) is 1. The van der Waals surface area contributed by atoms with Crippen LogP contribution in [0.3, 0.4) is 0 Å². The summed E-state index contributed by atoms with van der Waals surface area (Å²) in [4.78, 5) is 2.33. The first kappa shape index (κ1) is 21.9. The van der Waals surface area contributed by atoms with Gasteiger partial charge in [-0.05, 0) is 88.0 Å². The molecule has 0 bridgehead atoms. The molecule has 5 aromatic carbocycles. The second-order valence-electron chi connectivity index (χ2n) is 9.63. The maximum absolute atomic E-state index is 3.55. The van der Waals surface area contributed by atoms with Gasteiger partial charge in [-0.2, -0.15) is 0 Å². The summed E-state index contributed by atoms with van der Waals surface area (Å²) in [6.45, 7) is 4.68. The highest BCUT2D eigenvalue weighted by Gasteiger charge is 2.36. The van der Waals surface area contributed by atoms with Gasteiger partial charge in [0.2, 0.25) is 0 Å². The largest absolute Gasteiger partial charge is 0.310 e. The zero-order valence-electron chi connectivity index (χ0n) is 19.9. The van der Waals surface area contributed by atoms with Gasteiger partial charge in [0.25, 0.3) is 0 Å². The van der Waals surface area contributed by atoms with Crippen molar-refractivity contribution in [2.45, 2.75) is 19.3 Å². The molecule has 0 unspecified atom stereocenters. The Morgan fingerprint density at radius 2 is 1.11 bits per heavy atom. The van der Waals surface area contributed by atoms with Crippen LogP contribution in [0.5, 0.6) is 0 Å². The summed E-state index contributed by atoms with van der Waals surface area (Å²) >= 11 is 3.55. The number of benzene rings is 5. The Morgan fingerprint density at radius 3 is 1.74 bits per heavy atom. The van der Waals surface area contributed by atoms with Crippen LogP contribution in [-0.2, 0) is 5.41 Å². The second kappa shape index (κ2) is 8.55. The smallest absolute Gasteiger partial charge is 0.0468 e. The summed E-state index contributed by atoms with van der Waals surface area (Å²) < 4.78 is 1.10. The van der Waals surface area contributed by atoms with Gasteiger partial charge in [-0.1, -0.05) is 96.5 Å². The van der Waals surface area contributed by atoms with Crippen LogP contribution in [0.4, 0.5) is 17.1 Å². The molecule has 0 aromatic heterocycles. The molecule has 5 aromatic rings. The van der Waals surface area contributed by atoms with E-state index in [-0.39, 0.29) is 5.41 Å². The van der Waals surface area contributed by atoms with E-state index in [2.05, 4.69) is 156 Å². The number of fused-ring (bicyclic) bond motifs is 3. The first-order chi connectivity index (χ1) is 17.0. The molecule has 0 saturated carbocycles. The molecule has 0 spiro atoms. The monoisotopic (exact) mass is 515 g/mol. The van der Waals surface area contributed by atoms with Crippen molar-refractivity contribution in [3.05, 3.63) is 137 Å². The average Bonchev–Trinajstić information content (AvgIpc) is 3.12. The van der Waals surface area contributed by atoms with E-state index in [1.165, 1.54) is 39.1 Å². The summed E-state index contributed by atoms with van der Waals surface area (Å²) in [6.07, 6.45) is 0. The third kappa shape index (κ3) is 3.79. The summed E-state index contributed by atoms with van der Waals surface area (Å²) in [5, 5.41) is 0. The minimum Gasteiger partial charge on any atom is -0.310 e. The van der Waals surface area contributed by atoms with Crippen LogP contribution in [0.25, 0.3) is 22.3 Å². The van der Waals surface area contributed by atoms with Crippen molar-refractivity contribution in [2.75, 3.05) is 4.90 Å². The summed E-state index contributed by atoms with van der Waals surface area (Å²) in [5.41, 5.74) is 11.3. The SMILES string of the molecule is CC1(C)c2ccc(N(c3ccccc3)c3ccccc3)cc2-c2ccc(-c3ccc(Br)cc3)cc21. The van der Waals surface area contributed by atoms with Gasteiger partial charge in [0.05, 0.1) is 0 Å². The van der Waals surface area contributed by atoms with Crippen LogP contribution in [-0.4, -0.2) is 0 Å². The second-order valence-corrected chi connectivity index (χ2v) is 10.5. The summed E-state index contributed by atoms with van der Waals surface area (Å²) in [6, 6.07) is 43.7. The fourth-order valence-corrected chi connectivity index (χ4v) is 5.57. The van der Waals surface area contributed by atoms with E-state index in [9.17, 15) is 0 Å². The van der Waals surface area contributed by atoms with E-state index in [1.54, 1.807) is 0 Å². The molecule has 0 saturated heterocycles. The lowest BCUT2D eigenvalue weighted by molar-refractivity contribution is 0.660. The topological polar surface area (TPSA) is 3.24 Å². The molecular formula is C33H26BrN. The van der Waals surface area contributed by atoms with Crippen molar-refractivity contribution in [3.63, 3.8) is 0 Å². The molecule has 1 aliphatic rings. The summed E-state index contributed by atoms with van der Waals surface area (Å²) in [7, 11) is 0. The van der Waals surface area contributed by atoms with Gasteiger partial charge < -0.3 is 4.90 Å². The first-order valence-electron chi connectivity index (χ1n) is 12.0. The number of hydrogen-bond donors (Lipinski definition) is 0. The average molecular weight is 516 g/mol. The Bertz CT molecular complexity index is 1460. The van der Waals surface area contributed by atoms with E-state index in [0.29, 0.717) is 0 Å². The fraction of sp³-hybridized carbons (Fsp3) is 0.0909.